The summed E-state index contributed by atoms with van der Waals surface area (Å²) < 4.78 is 12.3. The molecule has 0 atom stereocenters. The molecule has 0 aliphatic rings. The van der Waals surface area contributed by atoms with E-state index < -0.39 is 11.6 Å². The zero-order chi connectivity index (χ0) is 10.7. The summed E-state index contributed by atoms with van der Waals surface area (Å²) in [5.41, 5.74) is 0.306. The van der Waals surface area contributed by atoms with Gasteiger partial charge in [-0.25, -0.2) is 0 Å². The largest absolute Gasteiger partial charge is 0.288 e. The van der Waals surface area contributed by atoms with Crippen LogP contribution in [0.5, 0.6) is 0 Å². The average Bonchev–Trinajstić information content (AvgIpc) is 2.17. The molecule has 0 spiro atoms. The van der Waals surface area contributed by atoms with E-state index in [1.54, 1.807) is 13.0 Å². The molecule has 1 aromatic rings. The van der Waals surface area contributed by atoms with Crippen LogP contribution in [0, 0.1) is 16.0 Å². The fraction of sp³-hybridized carbons (Fsp3) is 0.222. The van der Waals surface area contributed by atoms with Gasteiger partial charge in [-0.05, 0) is 11.6 Å². The van der Waals surface area contributed by atoms with Crippen molar-refractivity contribution in [3.05, 3.63) is 44.8 Å². The highest BCUT2D eigenvalue weighted by molar-refractivity contribution is 6.32. The maximum atomic E-state index is 12.3. The van der Waals surface area contributed by atoms with Gasteiger partial charge >= 0.3 is 0 Å². The molecule has 5 heteroatoms. The Morgan fingerprint density at radius 2 is 2.29 bits per heavy atom. The summed E-state index contributed by atoms with van der Waals surface area (Å²) in [6.45, 7) is 0.950. The van der Waals surface area contributed by atoms with E-state index in [1.807, 2.05) is 0 Å². The molecule has 0 unspecified atom stereocenters. The summed E-state index contributed by atoms with van der Waals surface area (Å²) >= 11 is 5.59. The van der Waals surface area contributed by atoms with Crippen LogP contribution in [0.3, 0.4) is 0 Å². The Bertz CT molecular complexity index is 357. The van der Waals surface area contributed by atoms with E-state index in [0.29, 0.717) is 11.5 Å². The molecule has 0 amide bonds. The van der Waals surface area contributed by atoms with Crippen LogP contribution in [0.2, 0.25) is 5.02 Å². The van der Waals surface area contributed by atoms with E-state index in [4.69, 9.17) is 11.6 Å². The molecule has 0 N–H and O–H groups in total. The highest BCUT2D eigenvalue weighted by Crippen LogP contribution is 2.28. The van der Waals surface area contributed by atoms with Crippen molar-refractivity contribution < 1.29 is 9.31 Å². The topological polar surface area (TPSA) is 43.1 Å². The summed E-state index contributed by atoms with van der Waals surface area (Å²) in [5.74, 6) is 0.449. The van der Waals surface area contributed by atoms with E-state index in [9.17, 15) is 14.5 Å². The van der Waals surface area contributed by atoms with Crippen molar-refractivity contribution in [2.75, 3.05) is 6.67 Å². The number of halogens is 2. The Hall–Kier alpha value is -1.16. The standard InChI is InChI=1S/C9H8ClFNO2/c1-6(5-11)7-2-3-8(10)9(4-7)12(13)14/h2-4H,5H2,1H3. The number of nitro benzene ring substituents is 1. The molecule has 0 aromatic heterocycles. The minimum absolute atomic E-state index is 0.0606. The quantitative estimate of drug-likeness (QED) is 0.575. The first-order chi connectivity index (χ1) is 6.56. The molecule has 75 valence electrons. The van der Waals surface area contributed by atoms with E-state index in [2.05, 4.69) is 0 Å². The van der Waals surface area contributed by atoms with Gasteiger partial charge in [0.1, 0.15) is 5.02 Å². The highest BCUT2D eigenvalue weighted by Gasteiger charge is 2.15. The van der Waals surface area contributed by atoms with Crippen molar-refractivity contribution in [2.24, 2.45) is 0 Å². The molecule has 0 aliphatic carbocycles. The Morgan fingerprint density at radius 3 is 2.79 bits per heavy atom. The Kier molecular flexibility index (Phi) is 3.41. The third kappa shape index (κ3) is 2.20. The molecule has 0 heterocycles. The summed E-state index contributed by atoms with van der Waals surface area (Å²) in [6.07, 6.45) is 0. The molecule has 14 heavy (non-hydrogen) atoms. The van der Waals surface area contributed by atoms with E-state index >= 15 is 0 Å². The Labute approximate surface area is 85.6 Å². The number of alkyl halides is 1. The minimum Gasteiger partial charge on any atom is -0.258 e. The monoisotopic (exact) mass is 216 g/mol. The van der Waals surface area contributed by atoms with Gasteiger partial charge in [0.15, 0.2) is 0 Å². The van der Waals surface area contributed by atoms with E-state index in [0.717, 1.165) is 0 Å². The molecule has 0 aliphatic heterocycles. The van der Waals surface area contributed by atoms with Gasteiger partial charge in [0, 0.05) is 12.0 Å². The lowest BCUT2D eigenvalue weighted by atomic mass is 10.0. The molecular formula is C9H8ClFNO2. The summed E-state index contributed by atoms with van der Waals surface area (Å²) in [4.78, 5) is 9.92. The van der Waals surface area contributed by atoms with Crippen molar-refractivity contribution in [1.82, 2.24) is 0 Å². The SMILES string of the molecule is C[C](CF)c1ccc(Cl)c([N+](=O)[O-])c1. The molecule has 0 saturated heterocycles. The van der Waals surface area contributed by atoms with Crippen molar-refractivity contribution in [3.63, 3.8) is 0 Å². The summed E-state index contributed by atoms with van der Waals surface area (Å²) in [7, 11) is 0. The van der Waals surface area contributed by atoms with Gasteiger partial charge in [-0.2, -0.15) is 0 Å². The number of rotatable bonds is 3. The molecule has 1 radical (unpaired) electrons. The van der Waals surface area contributed by atoms with E-state index in [1.165, 1.54) is 12.1 Å². The molecule has 0 fully saturated rings. The first-order valence-electron chi connectivity index (χ1n) is 3.89. The molecule has 1 rings (SSSR count). The number of hydrogen-bond acceptors (Lipinski definition) is 2. The predicted molar refractivity (Wildman–Crippen MR) is 52.1 cm³/mol. The fourth-order valence-corrected chi connectivity index (χ4v) is 1.18. The van der Waals surface area contributed by atoms with Crippen LogP contribution in [-0.2, 0) is 0 Å². The number of nitrogens with zero attached hydrogens (tertiary/aromatic N) is 1. The van der Waals surface area contributed by atoms with Crippen molar-refractivity contribution in [3.8, 4) is 0 Å². The third-order valence-corrected chi connectivity index (χ3v) is 2.16. The molecule has 0 bridgehead atoms. The first-order valence-corrected chi connectivity index (χ1v) is 4.26. The summed E-state index contributed by atoms with van der Waals surface area (Å²) in [5, 5.41) is 10.6. The fourth-order valence-electron chi connectivity index (χ4n) is 0.995. The second-order valence-corrected chi connectivity index (χ2v) is 3.24. The van der Waals surface area contributed by atoms with Gasteiger partial charge in [0.05, 0.1) is 11.6 Å². The van der Waals surface area contributed by atoms with Gasteiger partial charge < -0.3 is 0 Å². The van der Waals surface area contributed by atoms with Crippen LogP contribution in [0.15, 0.2) is 18.2 Å². The Morgan fingerprint density at radius 1 is 1.64 bits per heavy atom. The van der Waals surface area contributed by atoms with Crippen LogP contribution in [0.4, 0.5) is 10.1 Å². The maximum Gasteiger partial charge on any atom is 0.288 e. The Balaban J connectivity index is 3.12. The number of nitro groups is 1. The first kappa shape index (κ1) is 10.9. The maximum absolute atomic E-state index is 12.3. The predicted octanol–water partition coefficient (Wildman–Crippen LogP) is 3.16. The van der Waals surface area contributed by atoms with Gasteiger partial charge in [0.2, 0.25) is 0 Å². The second-order valence-electron chi connectivity index (χ2n) is 2.84. The highest BCUT2D eigenvalue weighted by atomic mass is 35.5. The minimum atomic E-state index is -0.626. The van der Waals surface area contributed by atoms with Crippen molar-refractivity contribution in [2.45, 2.75) is 6.92 Å². The lowest BCUT2D eigenvalue weighted by Crippen LogP contribution is -1.98. The van der Waals surface area contributed by atoms with E-state index in [-0.39, 0.29) is 10.7 Å². The molecular weight excluding hydrogens is 209 g/mol. The average molecular weight is 217 g/mol. The van der Waals surface area contributed by atoms with Gasteiger partial charge in [-0.1, -0.05) is 24.6 Å². The molecule has 1 aromatic carbocycles. The van der Waals surface area contributed by atoms with Crippen LogP contribution >= 0.6 is 11.6 Å². The number of hydrogen-bond donors (Lipinski definition) is 0. The summed E-state index contributed by atoms with van der Waals surface area (Å²) in [6, 6.07) is 4.23. The van der Waals surface area contributed by atoms with Crippen LogP contribution in [0.1, 0.15) is 12.5 Å². The van der Waals surface area contributed by atoms with Crippen molar-refractivity contribution in [1.29, 1.82) is 0 Å². The number of benzene rings is 1. The normalized spacial score (nSPS) is 10.6. The lowest BCUT2D eigenvalue weighted by molar-refractivity contribution is -0.384. The van der Waals surface area contributed by atoms with Gasteiger partial charge in [-0.3, -0.25) is 14.5 Å². The third-order valence-electron chi connectivity index (χ3n) is 1.84. The zero-order valence-corrected chi connectivity index (χ0v) is 8.21. The van der Waals surface area contributed by atoms with Crippen LogP contribution < -0.4 is 0 Å². The van der Waals surface area contributed by atoms with Crippen LogP contribution in [0.25, 0.3) is 0 Å². The van der Waals surface area contributed by atoms with Gasteiger partial charge in [0.25, 0.3) is 5.69 Å². The smallest absolute Gasteiger partial charge is 0.258 e. The second kappa shape index (κ2) is 4.37. The molecule has 3 nitrogen and oxygen atoms in total. The van der Waals surface area contributed by atoms with Crippen LogP contribution in [-0.4, -0.2) is 11.6 Å². The van der Waals surface area contributed by atoms with Crippen molar-refractivity contribution >= 4 is 17.3 Å². The zero-order valence-electron chi connectivity index (χ0n) is 7.46. The lowest BCUT2D eigenvalue weighted by Gasteiger charge is -2.05. The molecule has 0 saturated carbocycles. The van der Waals surface area contributed by atoms with Gasteiger partial charge in [-0.15, -0.1) is 0 Å².